The highest BCUT2D eigenvalue weighted by Gasteiger charge is 2.27. The molecule has 2 N–H and O–H groups in total. The first-order valence-electron chi connectivity index (χ1n) is 7.56. The molecule has 0 atom stereocenters. The molecule has 1 fully saturated rings. The molecule has 2 rings (SSSR count). The molecule has 1 aliphatic rings. The van der Waals surface area contributed by atoms with Gasteiger partial charge in [-0.05, 0) is 43.0 Å². The predicted molar refractivity (Wildman–Crippen MR) is 80.3 cm³/mol. The third-order valence-corrected chi connectivity index (χ3v) is 4.28. The van der Waals surface area contributed by atoms with Crippen molar-refractivity contribution >= 4 is 0 Å². The molecular weight excluding hydrogens is 248 g/mol. The topological polar surface area (TPSA) is 56.0 Å². The summed E-state index contributed by atoms with van der Waals surface area (Å²) in [6, 6.07) is 7.92. The van der Waals surface area contributed by atoms with Crippen LogP contribution in [0.1, 0.15) is 55.2 Å². The number of hydrogen-bond donors (Lipinski definition) is 2. The molecule has 1 saturated carbocycles. The van der Waals surface area contributed by atoms with E-state index in [1.165, 1.54) is 18.4 Å². The predicted octanol–water partition coefficient (Wildman–Crippen LogP) is 3.04. The van der Waals surface area contributed by atoms with Crippen LogP contribution < -0.4 is 5.32 Å². The first-order valence-corrected chi connectivity index (χ1v) is 7.56. The van der Waals surface area contributed by atoms with Crippen molar-refractivity contribution in [3.05, 3.63) is 34.9 Å². The molecule has 3 heteroatoms. The van der Waals surface area contributed by atoms with Crippen LogP contribution in [0.4, 0.5) is 0 Å². The molecule has 0 radical (unpaired) electrons. The molecule has 0 spiro atoms. The van der Waals surface area contributed by atoms with E-state index in [2.05, 4.69) is 11.4 Å². The lowest BCUT2D eigenvalue weighted by Gasteiger charge is -2.27. The molecule has 20 heavy (non-hydrogen) atoms. The zero-order valence-electron chi connectivity index (χ0n) is 12.3. The smallest absolute Gasteiger partial charge is 0.0991 e. The van der Waals surface area contributed by atoms with Crippen LogP contribution in [0, 0.1) is 18.3 Å². The van der Waals surface area contributed by atoms with Crippen molar-refractivity contribution in [3.63, 3.8) is 0 Å². The van der Waals surface area contributed by atoms with E-state index in [0.717, 1.165) is 37.8 Å². The Hall–Kier alpha value is -1.37. The lowest BCUT2D eigenvalue weighted by molar-refractivity contribution is 0.0250. The zero-order valence-corrected chi connectivity index (χ0v) is 12.3. The minimum atomic E-state index is -0.531. The van der Waals surface area contributed by atoms with Gasteiger partial charge >= 0.3 is 0 Å². The Balaban J connectivity index is 1.87. The molecule has 0 aromatic heterocycles. The van der Waals surface area contributed by atoms with E-state index < -0.39 is 5.60 Å². The number of nitrogens with one attached hydrogen (secondary N) is 1. The molecule has 0 heterocycles. The fraction of sp³-hybridized carbons (Fsp3) is 0.588. The van der Waals surface area contributed by atoms with Gasteiger partial charge < -0.3 is 10.4 Å². The Bertz CT molecular complexity index is 482. The van der Waals surface area contributed by atoms with Crippen molar-refractivity contribution in [2.45, 2.75) is 57.6 Å². The number of hydrogen-bond acceptors (Lipinski definition) is 3. The molecule has 0 bridgehead atoms. The molecule has 0 aliphatic heterocycles. The SMILES string of the molecule is Cc1cc(C#N)ccc1CNCC1(O)CCCCCC1. The maximum Gasteiger partial charge on any atom is 0.0991 e. The molecule has 1 aromatic rings. The lowest BCUT2D eigenvalue weighted by Crippen LogP contribution is -2.40. The zero-order chi connectivity index (χ0) is 14.4. The van der Waals surface area contributed by atoms with Crippen molar-refractivity contribution in [1.29, 1.82) is 5.26 Å². The van der Waals surface area contributed by atoms with Gasteiger partial charge in [-0.25, -0.2) is 0 Å². The van der Waals surface area contributed by atoms with Crippen molar-refractivity contribution in [2.75, 3.05) is 6.54 Å². The Labute approximate surface area is 121 Å². The van der Waals surface area contributed by atoms with E-state index in [0.29, 0.717) is 12.1 Å². The summed E-state index contributed by atoms with van der Waals surface area (Å²) in [7, 11) is 0. The van der Waals surface area contributed by atoms with Gasteiger partial charge in [-0.15, -0.1) is 0 Å². The molecule has 108 valence electrons. The molecule has 0 unspecified atom stereocenters. The monoisotopic (exact) mass is 272 g/mol. The third-order valence-electron chi connectivity index (χ3n) is 4.28. The summed E-state index contributed by atoms with van der Waals surface area (Å²) in [6.07, 6.45) is 6.58. The van der Waals surface area contributed by atoms with E-state index in [1.54, 1.807) is 0 Å². The van der Waals surface area contributed by atoms with E-state index in [1.807, 2.05) is 25.1 Å². The van der Waals surface area contributed by atoms with Crippen LogP contribution in [-0.2, 0) is 6.54 Å². The van der Waals surface area contributed by atoms with Crippen LogP contribution in [0.2, 0.25) is 0 Å². The van der Waals surface area contributed by atoms with E-state index in [4.69, 9.17) is 5.26 Å². The van der Waals surface area contributed by atoms with E-state index in [-0.39, 0.29) is 0 Å². The van der Waals surface area contributed by atoms with Gasteiger partial charge in [0.15, 0.2) is 0 Å². The summed E-state index contributed by atoms with van der Waals surface area (Å²) >= 11 is 0. The molecular formula is C17H24N2O. The van der Waals surface area contributed by atoms with E-state index in [9.17, 15) is 5.11 Å². The first-order chi connectivity index (χ1) is 9.63. The highest BCUT2D eigenvalue weighted by atomic mass is 16.3. The average Bonchev–Trinajstić information content (AvgIpc) is 2.66. The molecule has 0 amide bonds. The quantitative estimate of drug-likeness (QED) is 0.828. The second-order valence-electron chi connectivity index (χ2n) is 6.00. The Morgan fingerprint density at radius 2 is 1.95 bits per heavy atom. The third kappa shape index (κ3) is 4.06. The standard InChI is InChI=1S/C17H24N2O/c1-14-10-15(11-18)6-7-16(14)12-19-13-17(20)8-4-2-3-5-9-17/h6-7,10,19-20H,2-5,8-9,12-13H2,1H3. The molecule has 1 aromatic carbocycles. The van der Waals surface area contributed by atoms with Crippen LogP contribution >= 0.6 is 0 Å². The Morgan fingerprint density at radius 1 is 1.25 bits per heavy atom. The summed E-state index contributed by atoms with van der Waals surface area (Å²) in [5, 5.41) is 22.8. The number of aliphatic hydroxyl groups is 1. The highest BCUT2D eigenvalue weighted by Crippen LogP contribution is 2.26. The van der Waals surface area contributed by atoms with Gasteiger partial charge in [-0.3, -0.25) is 0 Å². The maximum absolute atomic E-state index is 10.6. The van der Waals surface area contributed by atoms with Gasteiger partial charge in [0, 0.05) is 13.1 Å². The van der Waals surface area contributed by atoms with Crippen molar-refractivity contribution in [3.8, 4) is 6.07 Å². The first kappa shape index (κ1) is 15.0. The van der Waals surface area contributed by atoms with Crippen LogP contribution in [-0.4, -0.2) is 17.3 Å². The average molecular weight is 272 g/mol. The number of nitrogens with zero attached hydrogens (tertiary/aromatic N) is 1. The fourth-order valence-electron chi connectivity index (χ4n) is 2.96. The van der Waals surface area contributed by atoms with Gasteiger partial charge in [-0.1, -0.05) is 31.7 Å². The second-order valence-corrected chi connectivity index (χ2v) is 6.00. The van der Waals surface area contributed by atoms with Gasteiger partial charge in [0.05, 0.1) is 17.2 Å². The van der Waals surface area contributed by atoms with Gasteiger partial charge in [0.2, 0.25) is 0 Å². The Kier molecular flexibility index (Phi) is 5.17. The fourth-order valence-corrected chi connectivity index (χ4v) is 2.96. The minimum absolute atomic E-state index is 0.531. The molecule has 1 aliphatic carbocycles. The van der Waals surface area contributed by atoms with Gasteiger partial charge in [-0.2, -0.15) is 5.26 Å². The lowest BCUT2D eigenvalue weighted by atomic mass is 9.94. The maximum atomic E-state index is 10.6. The van der Waals surface area contributed by atoms with Gasteiger partial charge in [0.1, 0.15) is 0 Å². The summed E-state index contributed by atoms with van der Waals surface area (Å²) < 4.78 is 0. The number of aryl methyl sites for hydroxylation is 1. The Morgan fingerprint density at radius 3 is 2.55 bits per heavy atom. The van der Waals surface area contributed by atoms with Crippen LogP contribution in [0.3, 0.4) is 0 Å². The minimum Gasteiger partial charge on any atom is -0.389 e. The highest BCUT2D eigenvalue weighted by molar-refractivity contribution is 5.37. The summed E-state index contributed by atoms with van der Waals surface area (Å²) in [6.45, 7) is 3.44. The second kappa shape index (κ2) is 6.88. The van der Waals surface area contributed by atoms with Crippen molar-refractivity contribution in [2.24, 2.45) is 0 Å². The van der Waals surface area contributed by atoms with Crippen LogP contribution in [0.15, 0.2) is 18.2 Å². The molecule has 0 saturated heterocycles. The largest absolute Gasteiger partial charge is 0.389 e. The number of nitriles is 1. The van der Waals surface area contributed by atoms with E-state index >= 15 is 0 Å². The molecule has 3 nitrogen and oxygen atoms in total. The van der Waals surface area contributed by atoms with Crippen molar-refractivity contribution < 1.29 is 5.11 Å². The summed E-state index contributed by atoms with van der Waals surface area (Å²) in [4.78, 5) is 0. The normalized spacial score (nSPS) is 18.2. The number of benzene rings is 1. The number of rotatable bonds is 4. The van der Waals surface area contributed by atoms with Crippen molar-refractivity contribution in [1.82, 2.24) is 5.32 Å². The van der Waals surface area contributed by atoms with Crippen LogP contribution in [0.25, 0.3) is 0 Å². The van der Waals surface area contributed by atoms with Crippen LogP contribution in [0.5, 0.6) is 0 Å². The van der Waals surface area contributed by atoms with Gasteiger partial charge in [0.25, 0.3) is 0 Å². The summed E-state index contributed by atoms with van der Waals surface area (Å²) in [5.74, 6) is 0. The summed E-state index contributed by atoms with van der Waals surface area (Å²) in [5.41, 5.74) is 2.50.